The van der Waals surface area contributed by atoms with Crippen molar-refractivity contribution in [3.8, 4) is 11.5 Å². The first-order chi connectivity index (χ1) is 12.3. The molecule has 1 aromatic rings. The van der Waals surface area contributed by atoms with Gasteiger partial charge in [-0.3, -0.25) is 0 Å². The smallest absolute Gasteiger partial charge is 0.122 e. The zero-order valence-electron chi connectivity index (χ0n) is 16.8. The third-order valence-corrected chi connectivity index (χ3v) is 6.30. The third kappa shape index (κ3) is 3.68. The van der Waals surface area contributed by atoms with E-state index in [1.807, 2.05) is 30.4 Å². The Bertz CT molecular complexity index is 634. The fraction of sp³-hybridized carbons (Fsp3) is 0.565. The molecule has 26 heavy (non-hydrogen) atoms. The molecular formula is C23H34O3. The second kappa shape index (κ2) is 8.30. The SMILES string of the molecule is C=CC[C@H](c1cc(OC)ccc1OC)[C@H]1CCCC(C)(C)[C@@]1(O)CC=C. The van der Waals surface area contributed by atoms with E-state index in [1.54, 1.807) is 14.2 Å². The molecule has 0 unspecified atom stereocenters. The molecule has 0 amide bonds. The van der Waals surface area contributed by atoms with E-state index < -0.39 is 5.60 Å². The van der Waals surface area contributed by atoms with Gasteiger partial charge < -0.3 is 14.6 Å². The molecule has 0 radical (unpaired) electrons. The van der Waals surface area contributed by atoms with E-state index in [0.717, 1.165) is 42.7 Å². The summed E-state index contributed by atoms with van der Waals surface area (Å²) in [7, 11) is 3.36. The van der Waals surface area contributed by atoms with Crippen LogP contribution in [0.3, 0.4) is 0 Å². The van der Waals surface area contributed by atoms with E-state index in [2.05, 4.69) is 27.0 Å². The quantitative estimate of drug-likeness (QED) is 0.624. The second-order valence-electron chi connectivity index (χ2n) is 8.04. The lowest BCUT2D eigenvalue weighted by atomic mass is 9.55. The number of hydrogen-bond acceptors (Lipinski definition) is 3. The van der Waals surface area contributed by atoms with Gasteiger partial charge in [-0.05, 0) is 61.1 Å². The number of ether oxygens (including phenoxy) is 2. The predicted octanol–water partition coefficient (Wildman–Crippen LogP) is 5.50. The lowest BCUT2D eigenvalue weighted by Crippen LogP contribution is -2.54. The molecule has 0 saturated heterocycles. The van der Waals surface area contributed by atoms with Crippen LogP contribution in [0.5, 0.6) is 11.5 Å². The third-order valence-electron chi connectivity index (χ3n) is 6.30. The van der Waals surface area contributed by atoms with Gasteiger partial charge in [-0.2, -0.15) is 0 Å². The van der Waals surface area contributed by atoms with Crippen molar-refractivity contribution in [2.75, 3.05) is 14.2 Å². The largest absolute Gasteiger partial charge is 0.497 e. The second-order valence-corrected chi connectivity index (χ2v) is 8.04. The highest BCUT2D eigenvalue weighted by molar-refractivity contribution is 5.43. The van der Waals surface area contributed by atoms with Gasteiger partial charge in [-0.1, -0.05) is 32.4 Å². The van der Waals surface area contributed by atoms with E-state index >= 15 is 0 Å². The molecule has 0 aliphatic heterocycles. The fourth-order valence-corrected chi connectivity index (χ4v) is 4.72. The average Bonchev–Trinajstić information content (AvgIpc) is 2.62. The first-order valence-corrected chi connectivity index (χ1v) is 9.50. The maximum Gasteiger partial charge on any atom is 0.122 e. The summed E-state index contributed by atoms with van der Waals surface area (Å²) in [6.45, 7) is 12.2. The Morgan fingerprint density at radius 2 is 1.96 bits per heavy atom. The summed E-state index contributed by atoms with van der Waals surface area (Å²) in [5.74, 6) is 1.85. The van der Waals surface area contributed by atoms with Crippen molar-refractivity contribution < 1.29 is 14.6 Å². The normalized spacial score (nSPS) is 26.0. The molecule has 2 rings (SSSR count). The van der Waals surface area contributed by atoms with Crippen LogP contribution in [-0.4, -0.2) is 24.9 Å². The highest BCUT2D eigenvalue weighted by Gasteiger charge is 2.53. The van der Waals surface area contributed by atoms with E-state index in [1.165, 1.54) is 0 Å². The molecule has 1 N–H and O–H groups in total. The molecule has 1 aliphatic carbocycles. The predicted molar refractivity (Wildman–Crippen MR) is 108 cm³/mol. The van der Waals surface area contributed by atoms with Crippen molar-refractivity contribution >= 4 is 0 Å². The van der Waals surface area contributed by atoms with E-state index in [4.69, 9.17) is 9.47 Å². The van der Waals surface area contributed by atoms with Crippen LogP contribution < -0.4 is 9.47 Å². The van der Waals surface area contributed by atoms with E-state index in [-0.39, 0.29) is 17.3 Å². The van der Waals surface area contributed by atoms with Gasteiger partial charge in [0.15, 0.2) is 0 Å². The van der Waals surface area contributed by atoms with Gasteiger partial charge in [0.2, 0.25) is 0 Å². The van der Waals surface area contributed by atoms with Gasteiger partial charge in [0.1, 0.15) is 11.5 Å². The summed E-state index contributed by atoms with van der Waals surface area (Å²) < 4.78 is 11.1. The Morgan fingerprint density at radius 3 is 2.54 bits per heavy atom. The fourth-order valence-electron chi connectivity index (χ4n) is 4.72. The van der Waals surface area contributed by atoms with Gasteiger partial charge in [0.05, 0.1) is 19.8 Å². The van der Waals surface area contributed by atoms with Crippen LogP contribution >= 0.6 is 0 Å². The molecule has 0 bridgehead atoms. The number of benzene rings is 1. The highest BCUT2D eigenvalue weighted by atomic mass is 16.5. The summed E-state index contributed by atoms with van der Waals surface area (Å²) in [4.78, 5) is 0. The van der Waals surface area contributed by atoms with Crippen LogP contribution in [0.2, 0.25) is 0 Å². The van der Waals surface area contributed by atoms with Crippen LogP contribution in [0.25, 0.3) is 0 Å². The standard InChI is InChI=1S/C23H34O3/c1-7-10-18(19-16-17(25-5)12-13-21(19)26-6)20-11-9-15-22(3,4)23(20,24)14-8-2/h7-8,12-13,16,18,20,24H,1-2,9-11,14-15H2,3-6H3/t18-,20-,23-/m1/s1. The van der Waals surface area contributed by atoms with Gasteiger partial charge >= 0.3 is 0 Å². The lowest BCUT2D eigenvalue weighted by molar-refractivity contribution is -0.143. The first-order valence-electron chi connectivity index (χ1n) is 9.50. The number of methoxy groups -OCH3 is 2. The number of hydrogen-bond donors (Lipinski definition) is 1. The molecule has 0 aromatic heterocycles. The lowest BCUT2D eigenvalue weighted by Gasteiger charge is -2.54. The first kappa shape index (κ1) is 20.6. The minimum absolute atomic E-state index is 0.100. The summed E-state index contributed by atoms with van der Waals surface area (Å²) in [6.07, 6.45) is 8.27. The van der Waals surface area contributed by atoms with Gasteiger partial charge in [0, 0.05) is 5.56 Å². The summed E-state index contributed by atoms with van der Waals surface area (Å²) >= 11 is 0. The maximum absolute atomic E-state index is 11.8. The van der Waals surface area contributed by atoms with Crippen LogP contribution in [-0.2, 0) is 0 Å². The summed E-state index contributed by atoms with van der Waals surface area (Å²) in [6, 6.07) is 5.90. The monoisotopic (exact) mass is 358 g/mol. The van der Waals surface area contributed by atoms with Crippen LogP contribution in [0, 0.1) is 11.3 Å². The minimum Gasteiger partial charge on any atom is -0.497 e. The molecule has 1 fully saturated rings. The number of aliphatic hydroxyl groups is 1. The van der Waals surface area contributed by atoms with E-state index in [9.17, 15) is 5.11 Å². The van der Waals surface area contributed by atoms with Crippen LogP contribution in [0.1, 0.15) is 57.4 Å². The Kier molecular flexibility index (Phi) is 6.57. The Balaban J connectivity index is 2.58. The van der Waals surface area contributed by atoms with Crippen molar-refractivity contribution in [1.82, 2.24) is 0 Å². The minimum atomic E-state index is -0.811. The van der Waals surface area contributed by atoms with Crippen molar-refractivity contribution in [2.45, 2.75) is 57.5 Å². The van der Waals surface area contributed by atoms with Gasteiger partial charge in [-0.15, -0.1) is 13.2 Å². The molecule has 144 valence electrons. The van der Waals surface area contributed by atoms with Crippen molar-refractivity contribution in [3.05, 3.63) is 49.1 Å². The maximum atomic E-state index is 11.8. The zero-order chi connectivity index (χ0) is 19.4. The zero-order valence-corrected chi connectivity index (χ0v) is 16.8. The Morgan fingerprint density at radius 1 is 1.23 bits per heavy atom. The van der Waals surface area contributed by atoms with Gasteiger partial charge in [-0.25, -0.2) is 0 Å². The molecule has 3 nitrogen and oxygen atoms in total. The Labute approximate surface area is 158 Å². The summed E-state index contributed by atoms with van der Waals surface area (Å²) in [5.41, 5.74) is 0.0987. The average molecular weight is 359 g/mol. The molecule has 3 heteroatoms. The Hall–Kier alpha value is -1.74. The molecule has 3 atom stereocenters. The molecule has 1 aromatic carbocycles. The van der Waals surface area contributed by atoms with Crippen molar-refractivity contribution in [3.63, 3.8) is 0 Å². The molecule has 1 aliphatic rings. The molecular weight excluding hydrogens is 324 g/mol. The van der Waals surface area contributed by atoms with E-state index in [0.29, 0.717) is 6.42 Å². The van der Waals surface area contributed by atoms with Crippen LogP contribution in [0.4, 0.5) is 0 Å². The molecule has 0 heterocycles. The van der Waals surface area contributed by atoms with Crippen LogP contribution in [0.15, 0.2) is 43.5 Å². The number of rotatable bonds is 8. The van der Waals surface area contributed by atoms with Crippen molar-refractivity contribution in [2.24, 2.45) is 11.3 Å². The van der Waals surface area contributed by atoms with Gasteiger partial charge in [0.25, 0.3) is 0 Å². The topological polar surface area (TPSA) is 38.7 Å². The molecule has 1 saturated carbocycles. The van der Waals surface area contributed by atoms with Crippen molar-refractivity contribution in [1.29, 1.82) is 0 Å². The highest BCUT2D eigenvalue weighted by Crippen LogP contribution is 2.55. The molecule has 0 spiro atoms. The summed E-state index contributed by atoms with van der Waals surface area (Å²) in [5, 5.41) is 11.8. The number of allylic oxidation sites excluding steroid dienone is 1.